The first-order chi connectivity index (χ1) is 12.4. The number of rotatable bonds is 2. The maximum atomic E-state index is 5.80. The van der Waals surface area contributed by atoms with Crippen LogP contribution in [0.4, 0.5) is 0 Å². The van der Waals surface area contributed by atoms with Crippen LogP contribution in [0.1, 0.15) is 18.9 Å². The second-order valence-corrected chi connectivity index (χ2v) is 6.51. The highest BCUT2D eigenvalue weighted by Gasteiger charge is 2.24. The van der Waals surface area contributed by atoms with E-state index in [1.807, 2.05) is 18.3 Å². The number of pyridine rings is 1. The van der Waals surface area contributed by atoms with Crippen LogP contribution < -0.4 is 14.8 Å². The second-order valence-electron chi connectivity index (χ2n) is 6.51. The summed E-state index contributed by atoms with van der Waals surface area (Å²) in [5.41, 5.74) is 3.09. The molecule has 1 N–H and O–H groups in total. The van der Waals surface area contributed by atoms with Crippen molar-refractivity contribution < 1.29 is 9.47 Å². The van der Waals surface area contributed by atoms with Crippen molar-refractivity contribution in [2.45, 2.75) is 18.9 Å². The molecule has 0 saturated carbocycles. The van der Waals surface area contributed by atoms with Crippen LogP contribution in [-0.4, -0.2) is 40.8 Å². The quantitative estimate of drug-likeness (QED) is 0.780. The highest BCUT2D eigenvalue weighted by Crippen LogP contribution is 2.38. The fourth-order valence-electron chi connectivity index (χ4n) is 3.77. The van der Waals surface area contributed by atoms with Crippen molar-refractivity contribution >= 4 is 11.0 Å². The predicted octanol–water partition coefficient (Wildman–Crippen LogP) is 2.79. The molecule has 128 valence electrons. The Morgan fingerprint density at radius 2 is 1.88 bits per heavy atom. The second kappa shape index (κ2) is 6.04. The van der Waals surface area contributed by atoms with Gasteiger partial charge in [0.2, 0.25) is 0 Å². The summed E-state index contributed by atoms with van der Waals surface area (Å²) >= 11 is 0. The van der Waals surface area contributed by atoms with Crippen LogP contribution in [-0.2, 0) is 0 Å². The lowest BCUT2D eigenvalue weighted by molar-refractivity contribution is 0.172. The van der Waals surface area contributed by atoms with E-state index in [4.69, 9.17) is 14.5 Å². The van der Waals surface area contributed by atoms with E-state index in [9.17, 15) is 0 Å². The summed E-state index contributed by atoms with van der Waals surface area (Å²) in [4.78, 5) is 9.21. The molecule has 0 aliphatic carbocycles. The van der Waals surface area contributed by atoms with Crippen molar-refractivity contribution in [1.29, 1.82) is 0 Å². The molecular formula is C19H20N4O2. The Hall–Kier alpha value is -2.60. The summed E-state index contributed by atoms with van der Waals surface area (Å²) in [5.74, 6) is 2.57. The zero-order valence-electron chi connectivity index (χ0n) is 13.9. The molecule has 0 amide bonds. The van der Waals surface area contributed by atoms with Crippen LogP contribution in [0.2, 0.25) is 0 Å². The Bertz CT molecular complexity index is 901. The maximum absolute atomic E-state index is 5.80. The zero-order chi connectivity index (χ0) is 16.6. The summed E-state index contributed by atoms with van der Waals surface area (Å²) in [5, 5.41) is 3.44. The first-order valence-electron chi connectivity index (χ1n) is 8.83. The average Bonchev–Trinajstić information content (AvgIpc) is 3.06. The summed E-state index contributed by atoms with van der Waals surface area (Å²) in [7, 11) is 0. The minimum atomic E-state index is 0.420. The maximum Gasteiger partial charge on any atom is 0.163 e. The molecule has 1 fully saturated rings. The van der Waals surface area contributed by atoms with E-state index in [1.54, 1.807) is 6.20 Å². The molecule has 6 nitrogen and oxygen atoms in total. The van der Waals surface area contributed by atoms with Gasteiger partial charge in [-0.25, -0.2) is 4.98 Å². The predicted molar refractivity (Wildman–Crippen MR) is 95.1 cm³/mol. The number of nitrogens with zero attached hydrogens (tertiary/aromatic N) is 3. The van der Waals surface area contributed by atoms with Gasteiger partial charge in [0.15, 0.2) is 11.5 Å². The first kappa shape index (κ1) is 14.7. The number of benzene rings is 1. The van der Waals surface area contributed by atoms with Gasteiger partial charge in [-0.2, -0.15) is 0 Å². The minimum absolute atomic E-state index is 0.420. The molecule has 0 unspecified atom stereocenters. The third-order valence-electron chi connectivity index (χ3n) is 4.95. The average molecular weight is 336 g/mol. The highest BCUT2D eigenvalue weighted by atomic mass is 16.6. The molecule has 0 radical (unpaired) electrons. The summed E-state index contributed by atoms with van der Waals surface area (Å²) < 4.78 is 13.9. The van der Waals surface area contributed by atoms with Crippen molar-refractivity contribution in [2.24, 2.45) is 0 Å². The molecule has 2 aliphatic heterocycles. The molecule has 5 rings (SSSR count). The van der Waals surface area contributed by atoms with Gasteiger partial charge in [-0.1, -0.05) is 0 Å². The van der Waals surface area contributed by atoms with Crippen molar-refractivity contribution in [2.75, 3.05) is 26.3 Å². The standard InChI is InChI=1S/C19H20N4O2/c1-2-13(12-21-5-1)19-22-15-10-17-18(25-9-8-24-17)11-16(15)23(19)14-3-6-20-7-4-14/h1-2,5,10-12,14,20H,3-4,6-9H2. The summed E-state index contributed by atoms with van der Waals surface area (Å²) in [6.45, 7) is 3.24. The van der Waals surface area contributed by atoms with E-state index >= 15 is 0 Å². The smallest absolute Gasteiger partial charge is 0.163 e. The number of piperidine rings is 1. The lowest BCUT2D eigenvalue weighted by Crippen LogP contribution is -2.29. The van der Waals surface area contributed by atoms with E-state index in [0.717, 1.165) is 59.9 Å². The number of fused-ring (bicyclic) bond motifs is 2. The van der Waals surface area contributed by atoms with Crippen LogP contribution >= 0.6 is 0 Å². The molecule has 1 saturated heterocycles. The van der Waals surface area contributed by atoms with Crippen molar-refractivity contribution in [1.82, 2.24) is 19.9 Å². The van der Waals surface area contributed by atoms with Crippen molar-refractivity contribution in [3.05, 3.63) is 36.7 Å². The molecule has 25 heavy (non-hydrogen) atoms. The largest absolute Gasteiger partial charge is 0.486 e. The topological polar surface area (TPSA) is 61.2 Å². The third-order valence-corrected chi connectivity index (χ3v) is 4.95. The Morgan fingerprint density at radius 1 is 1.08 bits per heavy atom. The van der Waals surface area contributed by atoms with Crippen molar-refractivity contribution in [3.8, 4) is 22.9 Å². The normalized spacial score (nSPS) is 17.8. The number of imidazole rings is 1. The third kappa shape index (κ3) is 2.53. The molecule has 0 atom stereocenters. The molecule has 3 aromatic rings. The Morgan fingerprint density at radius 3 is 2.64 bits per heavy atom. The van der Waals surface area contributed by atoms with Gasteiger partial charge >= 0.3 is 0 Å². The molecular weight excluding hydrogens is 316 g/mol. The van der Waals surface area contributed by atoms with Crippen LogP contribution in [0.25, 0.3) is 22.4 Å². The lowest BCUT2D eigenvalue weighted by Gasteiger charge is -2.26. The lowest BCUT2D eigenvalue weighted by atomic mass is 10.1. The van der Waals surface area contributed by atoms with Crippen LogP contribution in [0.5, 0.6) is 11.5 Å². The van der Waals surface area contributed by atoms with Crippen LogP contribution in [0.15, 0.2) is 36.7 Å². The van der Waals surface area contributed by atoms with E-state index in [2.05, 4.69) is 27.0 Å². The Labute approximate surface area is 145 Å². The van der Waals surface area contributed by atoms with Gasteiger partial charge in [-0.05, 0) is 38.1 Å². The molecule has 0 spiro atoms. The monoisotopic (exact) mass is 336 g/mol. The van der Waals surface area contributed by atoms with Crippen LogP contribution in [0.3, 0.4) is 0 Å². The highest BCUT2D eigenvalue weighted by molar-refractivity contribution is 5.84. The van der Waals surface area contributed by atoms with Gasteiger partial charge in [0.25, 0.3) is 0 Å². The fraction of sp³-hybridized carbons (Fsp3) is 0.368. The SMILES string of the molecule is c1cncc(-c2nc3cc4c(cc3n2C2CCNCC2)OCCO4)c1. The van der Waals surface area contributed by atoms with Gasteiger partial charge in [0.1, 0.15) is 19.0 Å². The summed E-state index contributed by atoms with van der Waals surface area (Å²) in [6.07, 6.45) is 5.85. The van der Waals surface area contributed by atoms with E-state index in [1.165, 1.54) is 0 Å². The van der Waals surface area contributed by atoms with Gasteiger partial charge in [-0.3, -0.25) is 4.98 Å². The van der Waals surface area contributed by atoms with Gasteiger partial charge in [-0.15, -0.1) is 0 Å². The Balaban J connectivity index is 1.73. The van der Waals surface area contributed by atoms with Gasteiger partial charge in [0, 0.05) is 36.1 Å². The number of nitrogens with one attached hydrogen (secondary N) is 1. The van der Waals surface area contributed by atoms with E-state index in [0.29, 0.717) is 19.3 Å². The van der Waals surface area contributed by atoms with Crippen molar-refractivity contribution in [3.63, 3.8) is 0 Å². The van der Waals surface area contributed by atoms with Crippen LogP contribution in [0, 0.1) is 0 Å². The number of hydrogen-bond donors (Lipinski definition) is 1. The number of hydrogen-bond acceptors (Lipinski definition) is 5. The fourth-order valence-corrected chi connectivity index (χ4v) is 3.77. The molecule has 4 heterocycles. The molecule has 0 bridgehead atoms. The van der Waals surface area contributed by atoms with Gasteiger partial charge < -0.3 is 19.4 Å². The first-order valence-corrected chi connectivity index (χ1v) is 8.83. The number of aromatic nitrogens is 3. The molecule has 1 aromatic carbocycles. The molecule has 2 aromatic heterocycles. The van der Waals surface area contributed by atoms with E-state index in [-0.39, 0.29) is 0 Å². The summed E-state index contributed by atoms with van der Waals surface area (Å²) in [6, 6.07) is 8.53. The zero-order valence-corrected chi connectivity index (χ0v) is 13.9. The van der Waals surface area contributed by atoms with Gasteiger partial charge in [0.05, 0.1) is 11.0 Å². The molecule has 6 heteroatoms. The number of ether oxygens (including phenoxy) is 2. The van der Waals surface area contributed by atoms with E-state index < -0.39 is 0 Å². The minimum Gasteiger partial charge on any atom is -0.486 e. The molecule has 2 aliphatic rings. The Kier molecular flexibility index (Phi) is 3.56.